The van der Waals surface area contributed by atoms with Gasteiger partial charge in [0.2, 0.25) is 0 Å². The molecule has 2 aromatic carbocycles. The Labute approximate surface area is 119 Å². The number of hydrogen-bond acceptors (Lipinski definition) is 1. The van der Waals surface area contributed by atoms with E-state index in [0.29, 0.717) is 16.3 Å². The van der Waals surface area contributed by atoms with Crippen molar-refractivity contribution < 1.29 is 18.3 Å². The van der Waals surface area contributed by atoms with E-state index in [-0.39, 0.29) is 11.3 Å². The molecule has 0 amide bonds. The Kier molecular flexibility index (Phi) is 2.74. The number of rotatable bonds is 0. The van der Waals surface area contributed by atoms with Gasteiger partial charge in [-0.3, -0.25) is 0 Å². The number of aryl methyl sites for hydroxylation is 3. The molecule has 0 spiro atoms. The van der Waals surface area contributed by atoms with Crippen molar-refractivity contribution in [2.75, 3.05) is 0 Å². The minimum atomic E-state index is -4.49. The fraction of sp³-hybridized carbons (Fsp3) is 0.250. The Balaban J connectivity index is 2.57. The van der Waals surface area contributed by atoms with Gasteiger partial charge in [-0.2, -0.15) is 13.2 Å². The van der Waals surface area contributed by atoms with Crippen molar-refractivity contribution in [2.45, 2.75) is 26.9 Å². The molecule has 1 aromatic heterocycles. The van der Waals surface area contributed by atoms with E-state index in [0.717, 1.165) is 22.7 Å². The number of benzene rings is 2. The Hall–Kier alpha value is -2.17. The maximum Gasteiger partial charge on any atom is 0.416 e. The number of halogens is 3. The molecule has 3 rings (SSSR count). The number of H-pyrrole nitrogens is 1. The van der Waals surface area contributed by atoms with Crippen LogP contribution in [0, 0.1) is 20.8 Å². The SMILES string of the molecule is Cc1cc(C)c2[nH]c3c(O)cc(C(F)(F)F)c(C)c3c2c1. The molecule has 21 heavy (non-hydrogen) atoms. The molecule has 0 aliphatic rings. The van der Waals surface area contributed by atoms with Crippen LogP contribution in [-0.2, 0) is 6.18 Å². The van der Waals surface area contributed by atoms with Gasteiger partial charge in [0, 0.05) is 16.3 Å². The summed E-state index contributed by atoms with van der Waals surface area (Å²) in [5.74, 6) is -0.379. The van der Waals surface area contributed by atoms with Crippen LogP contribution in [0.5, 0.6) is 5.75 Å². The third-order valence-electron chi connectivity index (χ3n) is 3.87. The van der Waals surface area contributed by atoms with Gasteiger partial charge in [-0.1, -0.05) is 11.6 Å². The summed E-state index contributed by atoms with van der Waals surface area (Å²) in [5, 5.41) is 11.1. The van der Waals surface area contributed by atoms with E-state index in [9.17, 15) is 18.3 Å². The predicted octanol–water partition coefficient (Wildman–Crippen LogP) is 4.97. The second-order valence-electron chi connectivity index (χ2n) is 5.45. The predicted molar refractivity (Wildman–Crippen MR) is 76.7 cm³/mol. The first-order chi connectivity index (χ1) is 9.70. The zero-order chi connectivity index (χ0) is 15.5. The molecule has 0 radical (unpaired) electrons. The molecule has 3 aromatic rings. The van der Waals surface area contributed by atoms with Crippen molar-refractivity contribution in [3.8, 4) is 5.75 Å². The molecular weight excluding hydrogens is 279 g/mol. The monoisotopic (exact) mass is 293 g/mol. The van der Waals surface area contributed by atoms with Gasteiger partial charge in [0.25, 0.3) is 0 Å². The van der Waals surface area contributed by atoms with Gasteiger partial charge in [-0.25, -0.2) is 0 Å². The number of aromatic hydroxyl groups is 1. The first-order valence-electron chi connectivity index (χ1n) is 6.52. The van der Waals surface area contributed by atoms with E-state index in [2.05, 4.69) is 4.98 Å². The summed E-state index contributed by atoms with van der Waals surface area (Å²) >= 11 is 0. The Bertz CT molecular complexity index is 875. The molecule has 0 aliphatic carbocycles. The van der Waals surface area contributed by atoms with Crippen molar-refractivity contribution in [3.63, 3.8) is 0 Å². The van der Waals surface area contributed by atoms with Crippen LogP contribution in [0.15, 0.2) is 18.2 Å². The van der Waals surface area contributed by atoms with Gasteiger partial charge in [0.1, 0.15) is 5.75 Å². The third kappa shape index (κ3) is 1.95. The largest absolute Gasteiger partial charge is 0.506 e. The van der Waals surface area contributed by atoms with Crippen molar-refractivity contribution in [1.29, 1.82) is 0 Å². The van der Waals surface area contributed by atoms with Gasteiger partial charge in [-0.15, -0.1) is 0 Å². The topological polar surface area (TPSA) is 36.0 Å². The number of aromatic amines is 1. The van der Waals surface area contributed by atoms with E-state index in [1.54, 1.807) is 0 Å². The standard InChI is InChI=1S/C16H14F3NO/c1-7-4-8(2)14-10(5-7)13-9(3)11(16(17,18)19)6-12(21)15(13)20-14/h4-6,20-21H,1-3H3. The summed E-state index contributed by atoms with van der Waals surface area (Å²) in [6, 6.07) is 4.58. The number of fused-ring (bicyclic) bond motifs is 3. The molecule has 0 unspecified atom stereocenters. The number of aromatic nitrogens is 1. The number of alkyl halides is 3. The van der Waals surface area contributed by atoms with Crippen molar-refractivity contribution in [3.05, 3.63) is 40.5 Å². The van der Waals surface area contributed by atoms with Crippen LogP contribution in [0.1, 0.15) is 22.3 Å². The van der Waals surface area contributed by atoms with Crippen LogP contribution in [0.25, 0.3) is 21.8 Å². The highest BCUT2D eigenvalue weighted by molar-refractivity contribution is 6.12. The van der Waals surface area contributed by atoms with Crippen LogP contribution >= 0.6 is 0 Å². The number of nitrogens with one attached hydrogen (secondary N) is 1. The summed E-state index contributed by atoms with van der Waals surface area (Å²) in [6.45, 7) is 5.23. The molecule has 0 saturated heterocycles. The van der Waals surface area contributed by atoms with E-state index >= 15 is 0 Å². The lowest BCUT2D eigenvalue weighted by Gasteiger charge is -2.12. The molecule has 0 atom stereocenters. The van der Waals surface area contributed by atoms with Gasteiger partial charge >= 0.3 is 6.18 Å². The fourth-order valence-corrected chi connectivity index (χ4v) is 2.98. The van der Waals surface area contributed by atoms with Crippen molar-refractivity contribution in [2.24, 2.45) is 0 Å². The molecule has 2 nitrogen and oxygen atoms in total. The minimum absolute atomic E-state index is 0.131. The zero-order valence-electron chi connectivity index (χ0n) is 11.8. The molecule has 5 heteroatoms. The minimum Gasteiger partial charge on any atom is -0.506 e. The lowest BCUT2D eigenvalue weighted by Crippen LogP contribution is -2.07. The van der Waals surface area contributed by atoms with Crippen LogP contribution in [0.3, 0.4) is 0 Å². The summed E-state index contributed by atoms with van der Waals surface area (Å²) in [7, 11) is 0. The second-order valence-corrected chi connectivity index (χ2v) is 5.45. The quantitative estimate of drug-likeness (QED) is 0.603. The van der Waals surface area contributed by atoms with E-state index in [4.69, 9.17) is 0 Å². The molecule has 0 aliphatic heterocycles. The number of hydrogen-bond donors (Lipinski definition) is 2. The molecule has 0 saturated carbocycles. The molecule has 0 fully saturated rings. The summed E-state index contributed by atoms with van der Waals surface area (Å²) in [5.41, 5.74) is 2.35. The van der Waals surface area contributed by atoms with Gasteiger partial charge in [0.15, 0.2) is 0 Å². The second kappa shape index (κ2) is 4.16. The maximum absolute atomic E-state index is 13.1. The van der Waals surface area contributed by atoms with Crippen LogP contribution in [0.4, 0.5) is 13.2 Å². The molecule has 0 bridgehead atoms. The summed E-state index contributed by atoms with van der Waals surface area (Å²) < 4.78 is 39.3. The Morgan fingerprint density at radius 2 is 1.67 bits per heavy atom. The van der Waals surface area contributed by atoms with Gasteiger partial charge in [-0.05, 0) is 44.0 Å². The molecule has 1 heterocycles. The van der Waals surface area contributed by atoms with E-state index in [1.807, 2.05) is 26.0 Å². The van der Waals surface area contributed by atoms with Crippen molar-refractivity contribution in [1.82, 2.24) is 4.98 Å². The Morgan fingerprint density at radius 1 is 1.00 bits per heavy atom. The molecule has 2 N–H and O–H groups in total. The molecule has 110 valence electrons. The third-order valence-corrected chi connectivity index (χ3v) is 3.87. The number of phenolic OH excluding ortho intramolecular Hbond substituents is 1. The lowest BCUT2D eigenvalue weighted by molar-refractivity contribution is -0.138. The zero-order valence-corrected chi connectivity index (χ0v) is 11.8. The first kappa shape index (κ1) is 13.8. The van der Waals surface area contributed by atoms with Crippen LogP contribution in [-0.4, -0.2) is 10.1 Å². The number of phenols is 1. The first-order valence-corrected chi connectivity index (χ1v) is 6.52. The highest BCUT2D eigenvalue weighted by Gasteiger charge is 2.34. The normalized spacial score (nSPS) is 12.5. The summed E-state index contributed by atoms with van der Waals surface area (Å²) in [6.07, 6.45) is -4.49. The highest BCUT2D eigenvalue weighted by Crippen LogP contribution is 2.42. The summed E-state index contributed by atoms with van der Waals surface area (Å²) in [4.78, 5) is 3.04. The molecular formula is C16H14F3NO. The van der Waals surface area contributed by atoms with E-state index < -0.39 is 11.7 Å². The van der Waals surface area contributed by atoms with E-state index in [1.165, 1.54) is 6.92 Å². The fourth-order valence-electron chi connectivity index (χ4n) is 2.98. The average molecular weight is 293 g/mol. The smallest absolute Gasteiger partial charge is 0.416 e. The average Bonchev–Trinajstić information content (AvgIpc) is 2.72. The van der Waals surface area contributed by atoms with Gasteiger partial charge in [0.05, 0.1) is 11.1 Å². The Morgan fingerprint density at radius 3 is 2.29 bits per heavy atom. The van der Waals surface area contributed by atoms with Gasteiger partial charge < -0.3 is 10.1 Å². The van der Waals surface area contributed by atoms with Crippen molar-refractivity contribution >= 4 is 21.8 Å². The van der Waals surface area contributed by atoms with Crippen LogP contribution < -0.4 is 0 Å². The maximum atomic E-state index is 13.1. The van der Waals surface area contributed by atoms with Crippen LogP contribution in [0.2, 0.25) is 0 Å². The highest BCUT2D eigenvalue weighted by atomic mass is 19.4. The lowest BCUT2D eigenvalue weighted by atomic mass is 9.99.